The van der Waals surface area contributed by atoms with Crippen LogP contribution in [0.5, 0.6) is 11.5 Å². The summed E-state index contributed by atoms with van der Waals surface area (Å²) in [4.78, 5) is 11.5. The standard InChI is InChI=1S/C16H13F3N2O3/c17-16(18,19)12-2-1-3-14(8-12)24-10-15(23)21-20-9-11-4-6-13(22)7-5-11/h1-9,22H,10H2,(H,21,23)/b20-9+. The van der Waals surface area contributed by atoms with Crippen LogP contribution in [-0.4, -0.2) is 23.8 Å². The highest BCUT2D eigenvalue weighted by molar-refractivity contribution is 5.83. The van der Waals surface area contributed by atoms with Crippen molar-refractivity contribution >= 4 is 12.1 Å². The van der Waals surface area contributed by atoms with Gasteiger partial charge >= 0.3 is 6.18 Å². The van der Waals surface area contributed by atoms with Gasteiger partial charge in [0.15, 0.2) is 6.61 Å². The third kappa shape index (κ3) is 5.31. The molecule has 2 aromatic rings. The lowest BCUT2D eigenvalue weighted by Gasteiger charge is -2.09. The molecule has 0 aromatic heterocycles. The average molecular weight is 338 g/mol. The summed E-state index contributed by atoms with van der Waals surface area (Å²) in [7, 11) is 0. The molecule has 0 aliphatic carbocycles. The fourth-order valence-electron chi connectivity index (χ4n) is 1.68. The van der Waals surface area contributed by atoms with Gasteiger partial charge in [-0.15, -0.1) is 0 Å². The number of halogens is 3. The number of alkyl halides is 3. The van der Waals surface area contributed by atoms with E-state index in [1.807, 2.05) is 0 Å². The SMILES string of the molecule is O=C(COc1cccc(C(F)(F)F)c1)N/N=C/c1ccc(O)cc1. The topological polar surface area (TPSA) is 70.9 Å². The lowest BCUT2D eigenvalue weighted by molar-refractivity contribution is -0.137. The number of amides is 1. The molecule has 0 unspecified atom stereocenters. The van der Waals surface area contributed by atoms with Crippen LogP contribution in [0.4, 0.5) is 13.2 Å². The van der Waals surface area contributed by atoms with Crippen molar-refractivity contribution < 1.29 is 27.8 Å². The normalized spacial score (nSPS) is 11.5. The van der Waals surface area contributed by atoms with E-state index >= 15 is 0 Å². The number of hydrogen-bond acceptors (Lipinski definition) is 4. The molecule has 0 saturated heterocycles. The van der Waals surface area contributed by atoms with Crippen LogP contribution in [0.3, 0.4) is 0 Å². The van der Waals surface area contributed by atoms with Gasteiger partial charge < -0.3 is 9.84 Å². The second-order valence-electron chi connectivity index (χ2n) is 4.70. The number of benzene rings is 2. The highest BCUT2D eigenvalue weighted by Crippen LogP contribution is 2.31. The number of carbonyl (C=O) groups excluding carboxylic acids is 1. The molecule has 2 aromatic carbocycles. The van der Waals surface area contributed by atoms with Gasteiger partial charge in [0, 0.05) is 0 Å². The van der Waals surface area contributed by atoms with E-state index in [2.05, 4.69) is 10.5 Å². The maximum Gasteiger partial charge on any atom is 0.416 e. The molecular weight excluding hydrogens is 325 g/mol. The highest BCUT2D eigenvalue weighted by atomic mass is 19.4. The molecule has 0 aliphatic rings. The van der Waals surface area contributed by atoms with Gasteiger partial charge in [0.2, 0.25) is 0 Å². The summed E-state index contributed by atoms with van der Waals surface area (Å²) in [5.74, 6) is -0.587. The number of hydrogen-bond donors (Lipinski definition) is 2. The van der Waals surface area contributed by atoms with Crippen molar-refractivity contribution in [3.63, 3.8) is 0 Å². The molecule has 24 heavy (non-hydrogen) atoms. The number of hydrazone groups is 1. The number of rotatable bonds is 5. The van der Waals surface area contributed by atoms with Gasteiger partial charge in [-0.3, -0.25) is 4.79 Å². The van der Waals surface area contributed by atoms with Gasteiger partial charge in [-0.1, -0.05) is 6.07 Å². The number of aromatic hydroxyl groups is 1. The zero-order chi connectivity index (χ0) is 17.6. The molecular formula is C16H13F3N2O3. The second-order valence-corrected chi connectivity index (χ2v) is 4.70. The average Bonchev–Trinajstić information content (AvgIpc) is 2.54. The van der Waals surface area contributed by atoms with Crippen molar-refractivity contribution in [3.05, 3.63) is 59.7 Å². The Hall–Kier alpha value is -3.03. The molecule has 0 atom stereocenters. The molecule has 126 valence electrons. The number of nitrogens with zero attached hydrogens (tertiary/aromatic N) is 1. The Labute approximate surface area is 135 Å². The molecule has 0 aliphatic heterocycles. The summed E-state index contributed by atoms with van der Waals surface area (Å²) in [6.45, 7) is -0.478. The van der Waals surface area contributed by atoms with E-state index in [0.717, 1.165) is 12.1 Å². The Morgan fingerprint density at radius 1 is 1.21 bits per heavy atom. The monoisotopic (exact) mass is 338 g/mol. The highest BCUT2D eigenvalue weighted by Gasteiger charge is 2.30. The van der Waals surface area contributed by atoms with E-state index < -0.39 is 24.3 Å². The molecule has 1 amide bonds. The molecule has 2 rings (SSSR count). The molecule has 0 heterocycles. The van der Waals surface area contributed by atoms with Gasteiger partial charge in [-0.2, -0.15) is 18.3 Å². The number of ether oxygens (including phenoxy) is 1. The van der Waals surface area contributed by atoms with Gasteiger partial charge in [0.1, 0.15) is 11.5 Å². The lowest BCUT2D eigenvalue weighted by Crippen LogP contribution is -2.24. The molecule has 0 saturated carbocycles. The minimum atomic E-state index is -4.48. The molecule has 2 N–H and O–H groups in total. The zero-order valence-electron chi connectivity index (χ0n) is 12.2. The van der Waals surface area contributed by atoms with Crippen LogP contribution in [0.25, 0.3) is 0 Å². The van der Waals surface area contributed by atoms with Gasteiger partial charge in [-0.05, 0) is 48.0 Å². The van der Waals surface area contributed by atoms with E-state index in [1.165, 1.54) is 30.5 Å². The first-order chi connectivity index (χ1) is 11.3. The minimum Gasteiger partial charge on any atom is -0.508 e. The predicted octanol–water partition coefficient (Wildman–Crippen LogP) is 2.94. The van der Waals surface area contributed by atoms with Crippen LogP contribution >= 0.6 is 0 Å². The molecule has 0 fully saturated rings. The third-order valence-corrected chi connectivity index (χ3v) is 2.83. The van der Waals surface area contributed by atoms with Crippen molar-refractivity contribution in [2.45, 2.75) is 6.18 Å². The Kier molecular flexibility index (Phi) is 5.41. The van der Waals surface area contributed by atoms with Gasteiger partial charge in [0.25, 0.3) is 5.91 Å². The van der Waals surface area contributed by atoms with Crippen LogP contribution in [0.15, 0.2) is 53.6 Å². The first kappa shape index (κ1) is 17.3. The summed E-state index contributed by atoms with van der Waals surface area (Å²) >= 11 is 0. The fraction of sp³-hybridized carbons (Fsp3) is 0.125. The first-order valence-electron chi connectivity index (χ1n) is 6.75. The third-order valence-electron chi connectivity index (χ3n) is 2.83. The Bertz CT molecular complexity index is 728. The zero-order valence-corrected chi connectivity index (χ0v) is 12.2. The number of phenols is 1. The van der Waals surface area contributed by atoms with Crippen molar-refractivity contribution in [1.82, 2.24) is 5.43 Å². The Morgan fingerprint density at radius 2 is 1.92 bits per heavy atom. The van der Waals surface area contributed by atoms with Crippen LogP contribution in [-0.2, 0) is 11.0 Å². The van der Waals surface area contributed by atoms with Crippen LogP contribution in [0.1, 0.15) is 11.1 Å². The lowest BCUT2D eigenvalue weighted by atomic mass is 10.2. The van der Waals surface area contributed by atoms with E-state index in [9.17, 15) is 18.0 Å². The van der Waals surface area contributed by atoms with Crippen LogP contribution in [0.2, 0.25) is 0 Å². The van der Waals surface area contributed by atoms with Crippen molar-refractivity contribution in [2.24, 2.45) is 5.10 Å². The van der Waals surface area contributed by atoms with E-state index in [4.69, 9.17) is 9.84 Å². The predicted molar refractivity (Wildman–Crippen MR) is 80.8 cm³/mol. The van der Waals surface area contributed by atoms with Crippen molar-refractivity contribution in [1.29, 1.82) is 0 Å². The summed E-state index contributed by atoms with van der Waals surface area (Å²) < 4.78 is 42.7. The first-order valence-corrected chi connectivity index (χ1v) is 6.75. The number of carbonyl (C=O) groups is 1. The van der Waals surface area contributed by atoms with E-state index in [-0.39, 0.29) is 11.5 Å². The number of phenolic OH excluding ortho intramolecular Hbond substituents is 1. The van der Waals surface area contributed by atoms with Gasteiger partial charge in [-0.25, -0.2) is 5.43 Å². The van der Waals surface area contributed by atoms with Crippen LogP contribution < -0.4 is 10.2 Å². The smallest absolute Gasteiger partial charge is 0.416 e. The summed E-state index contributed by atoms with van der Waals surface area (Å²) in [6.07, 6.45) is -3.13. The Morgan fingerprint density at radius 3 is 2.58 bits per heavy atom. The summed E-state index contributed by atoms with van der Waals surface area (Å²) in [6, 6.07) is 10.3. The van der Waals surface area contributed by atoms with Crippen LogP contribution in [0, 0.1) is 0 Å². The minimum absolute atomic E-state index is 0.0671. The molecule has 0 bridgehead atoms. The maximum absolute atomic E-state index is 12.5. The summed E-state index contributed by atoms with van der Waals surface area (Å²) in [5, 5.41) is 12.8. The molecule has 5 nitrogen and oxygen atoms in total. The quantitative estimate of drug-likeness (QED) is 0.650. The maximum atomic E-state index is 12.5. The second kappa shape index (κ2) is 7.49. The van der Waals surface area contributed by atoms with Crippen molar-refractivity contribution in [3.8, 4) is 11.5 Å². The van der Waals surface area contributed by atoms with Gasteiger partial charge in [0.05, 0.1) is 11.8 Å². The number of nitrogens with one attached hydrogen (secondary N) is 1. The Balaban J connectivity index is 1.84. The van der Waals surface area contributed by atoms with E-state index in [0.29, 0.717) is 5.56 Å². The fourth-order valence-corrected chi connectivity index (χ4v) is 1.68. The molecule has 0 spiro atoms. The summed E-state index contributed by atoms with van der Waals surface area (Å²) in [5.41, 5.74) is 1.97. The molecule has 0 radical (unpaired) electrons. The molecule has 8 heteroatoms. The van der Waals surface area contributed by atoms with Crippen molar-refractivity contribution in [2.75, 3.05) is 6.61 Å². The van der Waals surface area contributed by atoms with E-state index in [1.54, 1.807) is 12.1 Å². The largest absolute Gasteiger partial charge is 0.508 e.